The van der Waals surface area contributed by atoms with Gasteiger partial charge in [0.05, 0.1) is 22.1 Å². The molecule has 0 unspecified atom stereocenters. The maximum absolute atomic E-state index is 2.43. The fourth-order valence-corrected chi connectivity index (χ4v) is 4.45. The molecule has 2 heterocycles. The Hall–Kier alpha value is -3.52. The molecular weight excluding hydrogens is 472 g/mol. The molecule has 6 aromatic rings. The lowest BCUT2D eigenvalue weighted by Gasteiger charge is -2.12. The average molecular weight is 527 g/mol. The molecule has 0 fully saturated rings. The largest absolute Gasteiger partial charge is 0.322 e. The van der Waals surface area contributed by atoms with E-state index in [-0.39, 0.29) is 0 Å². The lowest BCUT2D eigenvalue weighted by molar-refractivity contribution is 0.682. The van der Waals surface area contributed by atoms with Gasteiger partial charge in [-0.3, -0.25) is 0 Å². The first-order chi connectivity index (χ1) is 19.4. The summed E-state index contributed by atoms with van der Waals surface area (Å²) in [5.74, 6) is 0. The predicted octanol–water partition coefficient (Wildman–Crippen LogP) is 12.6. The third-order valence-electron chi connectivity index (χ3n) is 5.64. The number of hydrogen-bond acceptors (Lipinski definition) is 0. The van der Waals surface area contributed by atoms with Crippen LogP contribution >= 0.6 is 0 Å². The van der Waals surface area contributed by atoms with Gasteiger partial charge < -0.3 is 9.13 Å². The van der Waals surface area contributed by atoms with E-state index in [0.29, 0.717) is 0 Å². The highest BCUT2D eigenvalue weighted by atomic mass is 15.2. The highest BCUT2D eigenvalue weighted by molar-refractivity contribution is 6.09. The monoisotopic (exact) mass is 526 g/mol. The Morgan fingerprint density at radius 2 is 0.487 bits per heavy atom. The maximum atomic E-state index is 2.43. The van der Waals surface area contributed by atoms with Gasteiger partial charge in [-0.15, -0.1) is 0 Å². The lowest BCUT2D eigenvalue weighted by Crippen LogP contribution is -2.07. The van der Waals surface area contributed by atoms with E-state index in [0.717, 1.165) is 6.67 Å². The molecule has 0 atom stereocenters. The quantitative estimate of drug-likeness (QED) is 0.212. The van der Waals surface area contributed by atoms with Gasteiger partial charge in [0.2, 0.25) is 0 Å². The second kappa shape index (κ2) is 20.4. The van der Waals surface area contributed by atoms with Crippen LogP contribution in [0.15, 0.2) is 97.1 Å². The Morgan fingerprint density at radius 1 is 0.308 bits per heavy atom. The van der Waals surface area contributed by atoms with Crippen LogP contribution in [0.2, 0.25) is 0 Å². The van der Waals surface area contributed by atoms with Crippen molar-refractivity contribution in [3.8, 4) is 0 Å². The standard InChI is InChI=1S/C25H18N2.6C2H6/c1-5-13-22-18(9-1)19-10-2-6-14-23(19)26(22)17-27-24-15-7-3-11-20(24)21-12-4-8-16-25(21)27;6*1-2/h1-16H,17H2;6*1-2H3. The molecule has 0 aliphatic heterocycles. The zero-order chi connectivity index (χ0) is 29.8. The lowest BCUT2D eigenvalue weighted by atomic mass is 10.2. The Balaban J connectivity index is 0.00000107. The Bertz CT molecular complexity index is 1230. The summed E-state index contributed by atoms with van der Waals surface area (Å²) >= 11 is 0. The minimum atomic E-state index is 0.794. The van der Waals surface area contributed by atoms with Gasteiger partial charge in [-0.05, 0) is 24.3 Å². The number of benzene rings is 4. The number of para-hydroxylation sites is 4. The molecule has 0 saturated heterocycles. The van der Waals surface area contributed by atoms with Gasteiger partial charge in [0.15, 0.2) is 0 Å². The van der Waals surface area contributed by atoms with E-state index in [9.17, 15) is 0 Å². The van der Waals surface area contributed by atoms with E-state index in [1.807, 2.05) is 83.1 Å². The minimum Gasteiger partial charge on any atom is -0.322 e. The molecule has 6 rings (SSSR count). The van der Waals surface area contributed by atoms with Crippen molar-refractivity contribution in [2.24, 2.45) is 0 Å². The molecule has 0 aliphatic carbocycles. The van der Waals surface area contributed by atoms with Crippen molar-refractivity contribution in [3.05, 3.63) is 97.1 Å². The summed E-state index contributed by atoms with van der Waals surface area (Å²) in [5.41, 5.74) is 5.11. The third-order valence-corrected chi connectivity index (χ3v) is 5.64. The highest BCUT2D eigenvalue weighted by Crippen LogP contribution is 2.32. The van der Waals surface area contributed by atoms with E-state index in [4.69, 9.17) is 0 Å². The van der Waals surface area contributed by atoms with Crippen molar-refractivity contribution in [2.75, 3.05) is 0 Å². The van der Waals surface area contributed by atoms with Gasteiger partial charge in [-0.1, -0.05) is 156 Å². The van der Waals surface area contributed by atoms with Crippen LogP contribution in [0.25, 0.3) is 43.6 Å². The summed E-state index contributed by atoms with van der Waals surface area (Å²) < 4.78 is 4.87. The molecule has 212 valence electrons. The van der Waals surface area contributed by atoms with Crippen LogP contribution in [0.3, 0.4) is 0 Å². The van der Waals surface area contributed by atoms with Crippen LogP contribution in [0.1, 0.15) is 83.1 Å². The SMILES string of the molecule is CC.CC.CC.CC.CC.CC.c1ccc2c(c1)c1ccccc1n2Cn1c2ccccc2c2ccccc21. The first kappa shape index (κ1) is 35.5. The number of fused-ring (bicyclic) bond motifs is 6. The smallest absolute Gasteiger partial charge is 0.100 e. The number of rotatable bonds is 2. The predicted molar refractivity (Wildman–Crippen MR) is 182 cm³/mol. The van der Waals surface area contributed by atoms with Crippen molar-refractivity contribution in [2.45, 2.75) is 89.8 Å². The number of hydrogen-bond donors (Lipinski definition) is 0. The van der Waals surface area contributed by atoms with Gasteiger partial charge in [0.1, 0.15) is 6.67 Å². The van der Waals surface area contributed by atoms with Crippen LogP contribution in [-0.4, -0.2) is 9.13 Å². The second-order valence-corrected chi connectivity index (χ2v) is 7.07. The van der Waals surface area contributed by atoms with Crippen molar-refractivity contribution in [3.63, 3.8) is 0 Å². The molecule has 0 N–H and O–H groups in total. The molecule has 0 radical (unpaired) electrons. The summed E-state index contributed by atoms with van der Waals surface area (Å²) in [6, 6.07) is 34.8. The van der Waals surface area contributed by atoms with E-state index < -0.39 is 0 Å². The van der Waals surface area contributed by atoms with Crippen LogP contribution in [0.5, 0.6) is 0 Å². The average Bonchev–Trinajstić information content (AvgIpc) is 3.56. The summed E-state index contributed by atoms with van der Waals surface area (Å²) in [4.78, 5) is 0. The molecule has 0 amide bonds. The van der Waals surface area contributed by atoms with Crippen molar-refractivity contribution >= 4 is 43.6 Å². The van der Waals surface area contributed by atoms with E-state index in [1.54, 1.807) is 0 Å². The minimum absolute atomic E-state index is 0.794. The molecule has 0 aliphatic rings. The number of aromatic nitrogens is 2. The van der Waals surface area contributed by atoms with Crippen molar-refractivity contribution in [1.29, 1.82) is 0 Å². The second-order valence-electron chi connectivity index (χ2n) is 7.07. The molecule has 2 aromatic heterocycles. The topological polar surface area (TPSA) is 9.86 Å². The summed E-state index contributed by atoms with van der Waals surface area (Å²) in [7, 11) is 0. The van der Waals surface area contributed by atoms with Crippen LogP contribution < -0.4 is 0 Å². The number of nitrogens with zero attached hydrogens (tertiary/aromatic N) is 2. The van der Waals surface area contributed by atoms with Gasteiger partial charge in [0.25, 0.3) is 0 Å². The Morgan fingerprint density at radius 3 is 0.692 bits per heavy atom. The molecule has 2 nitrogen and oxygen atoms in total. The third kappa shape index (κ3) is 7.76. The van der Waals surface area contributed by atoms with E-state index in [2.05, 4.69) is 106 Å². The fourth-order valence-electron chi connectivity index (χ4n) is 4.45. The summed E-state index contributed by atoms with van der Waals surface area (Å²) in [5, 5.41) is 5.26. The molecule has 0 saturated carbocycles. The molecule has 0 spiro atoms. The van der Waals surface area contributed by atoms with Gasteiger partial charge in [0, 0.05) is 21.5 Å². The first-order valence-corrected chi connectivity index (χ1v) is 15.3. The zero-order valence-electron chi connectivity index (χ0n) is 26.8. The van der Waals surface area contributed by atoms with Crippen LogP contribution in [0, 0.1) is 0 Å². The van der Waals surface area contributed by atoms with Crippen LogP contribution in [-0.2, 0) is 6.67 Å². The molecular formula is C37H54N2. The molecule has 2 heteroatoms. The first-order valence-electron chi connectivity index (χ1n) is 15.3. The van der Waals surface area contributed by atoms with Gasteiger partial charge in [-0.2, -0.15) is 0 Å². The van der Waals surface area contributed by atoms with Crippen molar-refractivity contribution < 1.29 is 0 Å². The zero-order valence-corrected chi connectivity index (χ0v) is 26.8. The maximum Gasteiger partial charge on any atom is 0.100 e. The fraction of sp³-hybridized carbons (Fsp3) is 0.351. The highest BCUT2D eigenvalue weighted by Gasteiger charge is 2.13. The molecule has 39 heavy (non-hydrogen) atoms. The Labute approximate surface area is 239 Å². The van der Waals surface area contributed by atoms with Crippen LogP contribution in [0.4, 0.5) is 0 Å². The van der Waals surface area contributed by atoms with Gasteiger partial charge in [-0.25, -0.2) is 0 Å². The Kier molecular flexibility index (Phi) is 18.6. The molecule has 4 aromatic carbocycles. The molecule has 0 bridgehead atoms. The van der Waals surface area contributed by atoms with E-state index >= 15 is 0 Å². The summed E-state index contributed by atoms with van der Waals surface area (Å²) in [6.45, 7) is 24.8. The van der Waals surface area contributed by atoms with E-state index in [1.165, 1.54) is 43.6 Å². The van der Waals surface area contributed by atoms with Gasteiger partial charge >= 0.3 is 0 Å². The van der Waals surface area contributed by atoms with Crippen molar-refractivity contribution in [1.82, 2.24) is 9.13 Å². The summed E-state index contributed by atoms with van der Waals surface area (Å²) in [6.07, 6.45) is 0. The normalized spacial score (nSPS) is 9.13.